The molecule has 0 heterocycles. The minimum atomic E-state index is -0.0960. The number of carbonyl (C=O) groups is 1. The molecule has 0 fully saturated rings. The maximum absolute atomic E-state index is 13.0. The number of hydrogen-bond acceptors (Lipinski definition) is 1. The summed E-state index contributed by atoms with van der Waals surface area (Å²) in [6.45, 7) is 17.3. The van der Waals surface area contributed by atoms with Gasteiger partial charge in [0.1, 0.15) is 5.78 Å². The molecule has 0 aromatic heterocycles. The van der Waals surface area contributed by atoms with Gasteiger partial charge in [0.25, 0.3) is 0 Å². The summed E-state index contributed by atoms with van der Waals surface area (Å²) in [5.41, 5.74) is 5.06. The van der Waals surface area contributed by atoms with E-state index in [0.29, 0.717) is 0 Å². The minimum Gasteiger partial charge on any atom is -0.298 e. The van der Waals surface area contributed by atoms with Gasteiger partial charge in [0.2, 0.25) is 0 Å². The summed E-state index contributed by atoms with van der Waals surface area (Å²) in [5.74, 6) is 0.0830. The standard InChI is InChI=1S/C25H34O/c1-17(19-9-13-21(14-10-19)24(3,4)5)23(26)18(2)20-11-15-22(16-12-20)25(6,7)8/h9-18H,1-8H3. The van der Waals surface area contributed by atoms with Gasteiger partial charge in [-0.1, -0.05) is 104 Å². The summed E-state index contributed by atoms with van der Waals surface area (Å²) in [5, 5.41) is 0. The van der Waals surface area contributed by atoms with Gasteiger partial charge < -0.3 is 0 Å². The van der Waals surface area contributed by atoms with Crippen LogP contribution in [0.4, 0.5) is 0 Å². The second-order valence-corrected chi connectivity index (χ2v) is 9.59. The van der Waals surface area contributed by atoms with Gasteiger partial charge in [-0.2, -0.15) is 0 Å². The molecule has 2 rings (SSSR count). The van der Waals surface area contributed by atoms with Crippen LogP contribution in [-0.4, -0.2) is 5.78 Å². The third-order valence-corrected chi connectivity index (χ3v) is 5.41. The molecule has 1 heteroatoms. The van der Waals surface area contributed by atoms with Crippen molar-refractivity contribution in [3.63, 3.8) is 0 Å². The Morgan fingerprint density at radius 1 is 0.615 bits per heavy atom. The summed E-state index contributed by atoms with van der Waals surface area (Å²) in [7, 11) is 0. The molecular weight excluding hydrogens is 316 g/mol. The third-order valence-electron chi connectivity index (χ3n) is 5.41. The summed E-state index contributed by atoms with van der Waals surface area (Å²) >= 11 is 0. The Bertz CT molecular complexity index is 671. The van der Waals surface area contributed by atoms with E-state index in [4.69, 9.17) is 0 Å². The van der Waals surface area contributed by atoms with E-state index in [2.05, 4.69) is 90.1 Å². The maximum Gasteiger partial charge on any atom is 0.147 e. The minimum absolute atomic E-state index is 0.0960. The van der Waals surface area contributed by atoms with Crippen LogP contribution < -0.4 is 0 Å². The molecule has 2 unspecified atom stereocenters. The molecule has 0 aliphatic carbocycles. The SMILES string of the molecule is CC(C(=O)C(C)c1ccc(C(C)(C)C)cc1)c1ccc(C(C)(C)C)cc1. The zero-order valence-corrected chi connectivity index (χ0v) is 17.7. The first-order valence-corrected chi connectivity index (χ1v) is 9.66. The lowest BCUT2D eigenvalue weighted by molar-refractivity contribution is -0.121. The van der Waals surface area contributed by atoms with Crippen LogP contribution >= 0.6 is 0 Å². The molecular formula is C25H34O. The van der Waals surface area contributed by atoms with Crippen molar-refractivity contribution in [3.05, 3.63) is 70.8 Å². The molecule has 140 valence electrons. The van der Waals surface area contributed by atoms with Gasteiger partial charge in [-0.3, -0.25) is 4.79 Å². The van der Waals surface area contributed by atoms with Gasteiger partial charge in [-0.15, -0.1) is 0 Å². The summed E-state index contributed by atoms with van der Waals surface area (Å²) in [4.78, 5) is 13.0. The summed E-state index contributed by atoms with van der Waals surface area (Å²) < 4.78 is 0. The highest BCUT2D eigenvalue weighted by Crippen LogP contribution is 2.30. The fraction of sp³-hybridized carbons (Fsp3) is 0.480. The van der Waals surface area contributed by atoms with E-state index in [1.165, 1.54) is 11.1 Å². The average molecular weight is 351 g/mol. The zero-order valence-electron chi connectivity index (χ0n) is 17.7. The maximum atomic E-state index is 13.0. The first kappa shape index (κ1) is 20.4. The van der Waals surface area contributed by atoms with E-state index in [-0.39, 0.29) is 28.4 Å². The monoisotopic (exact) mass is 350 g/mol. The Hall–Kier alpha value is -1.89. The van der Waals surface area contributed by atoms with Crippen molar-refractivity contribution >= 4 is 5.78 Å². The van der Waals surface area contributed by atoms with Gasteiger partial charge >= 0.3 is 0 Å². The predicted molar refractivity (Wildman–Crippen MR) is 112 cm³/mol. The largest absolute Gasteiger partial charge is 0.298 e. The van der Waals surface area contributed by atoms with E-state index < -0.39 is 0 Å². The number of Topliss-reactive ketones (excluding diaryl/α,β-unsaturated/α-hetero) is 1. The first-order valence-electron chi connectivity index (χ1n) is 9.66. The molecule has 2 aromatic rings. The quantitative estimate of drug-likeness (QED) is 0.595. The fourth-order valence-electron chi connectivity index (χ4n) is 3.25. The average Bonchev–Trinajstić information content (AvgIpc) is 2.58. The molecule has 0 amide bonds. The molecule has 0 radical (unpaired) electrons. The highest BCUT2D eigenvalue weighted by atomic mass is 16.1. The lowest BCUT2D eigenvalue weighted by Gasteiger charge is -2.22. The van der Waals surface area contributed by atoms with Gasteiger partial charge in [-0.05, 0) is 33.1 Å². The second-order valence-electron chi connectivity index (χ2n) is 9.59. The van der Waals surface area contributed by atoms with Crippen molar-refractivity contribution in [3.8, 4) is 0 Å². The highest BCUT2D eigenvalue weighted by molar-refractivity contribution is 5.91. The fourth-order valence-corrected chi connectivity index (χ4v) is 3.25. The Morgan fingerprint density at radius 3 is 1.12 bits per heavy atom. The van der Waals surface area contributed by atoms with Gasteiger partial charge in [0.15, 0.2) is 0 Å². The molecule has 1 nitrogen and oxygen atoms in total. The van der Waals surface area contributed by atoms with Crippen LogP contribution in [0.2, 0.25) is 0 Å². The number of ketones is 1. The van der Waals surface area contributed by atoms with Crippen LogP contribution in [0.3, 0.4) is 0 Å². The Kier molecular flexibility index (Phi) is 5.80. The topological polar surface area (TPSA) is 17.1 Å². The molecule has 0 aliphatic rings. The van der Waals surface area contributed by atoms with Crippen molar-refractivity contribution in [2.24, 2.45) is 0 Å². The molecule has 2 atom stereocenters. The van der Waals surface area contributed by atoms with E-state index in [0.717, 1.165) is 11.1 Å². The van der Waals surface area contributed by atoms with Crippen molar-refractivity contribution in [1.82, 2.24) is 0 Å². The highest BCUT2D eigenvalue weighted by Gasteiger charge is 2.24. The smallest absolute Gasteiger partial charge is 0.147 e. The van der Waals surface area contributed by atoms with Crippen LogP contribution in [0.25, 0.3) is 0 Å². The van der Waals surface area contributed by atoms with Crippen LogP contribution in [0.1, 0.15) is 89.5 Å². The normalized spacial score (nSPS) is 14.8. The lowest BCUT2D eigenvalue weighted by atomic mass is 9.82. The van der Waals surface area contributed by atoms with Crippen LogP contribution in [0.15, 0.2) is 48.5 Å². The zero-order chi connectivity index (χ0) is 19.7. The van der Waals surface area contributed by atoms with E-state index in [1.54, 1.807) is 0 Å². The first-order chi connectivity index (χ1) is 11.9. The van der Waals surface area contributed by atoms with Gasteiger partial charge in [0.05, 0.1) is 0 Å². The van der Waals surface area contributed by atoms with Crippen molar-refractivity contribution in [1.29, 1.82) is 0 Å². The number of rotatable bonds is 4. The molecule has 0 spiro atoms. The Balaban J connectivity index is 2.16. The van der Waals surface area contributed by atoms with E-state index in [1.807, 2.05) is 13.8 Å². The van der Waals surface area contributed by atoms with E-state index >= 15 is 0 Å². The Labute approximate surface area is 159 Å². The molecule has 2 aromatic carbocycles. The third kappa shape index (κ3) is 4.63. The number of hydrogen-bond donors (Lipinski definition) is 0. The number of benzene rings is 2. The van der Waals surface area contributed by atoms with Gasteiger partial charge in [0, 0.05) is 11.8 Å². The van der Waals surface area contributed by atoms with Crippen LogP contribution in [0.5, 0.6) is 0 Å². The molecule has 0 saturated carbocycles. The molecule has 0 saturated heterocycles. The summed E-state index contributed by atoms with van der Waals surface area (Å²) in [6, 6.07) is 17.1. The number of carbonyl (C=O) groups excluding carboxylic acids is 1. The summed E-state index contributed by atoms with van der Waals surface area (Å²) in [6.07, 6.45) is 0. The predicted octanol–water partition coefficient (Wildman–Crippen LogP) is 6.76. The van der Waals surface area contributed by atoms with Crippen LogP contribution in [-0.2, 0) is 15.6 Å². The molecule has 26 heavy (non-hydrogen) atoms. The van der Waals surface area contributed by atoms with Crippen molar-refractivity contribution in [2.75, 3.05) is 0 Å². The lowest BCUT2D eigenvalue weighted by Crippen LogP contribution is -2.18. The molecule has 0 bridgehead atoms. The van der Waals surface area contributed by atoms with Crippen molar-refractivity contribution < 1.29 is 4.79 Å². The molecule has 0 aliphatic heterocycles. The second kappa shape index (κ2) is 7.39. The van der Waals surface area contributed by atoms with Crippen molar-refractivity contribution in [2.45, 2.75) is 78.1 Å². The van der Waals surface area contributed by atoms with E-state index in [9.17, 15) is 4.79 Å². The Morgan fingerprint density at radius 2 is 0.885 bits per heavy atom. The molecule has 0 N–H and O–H groups in total. The van der Waals surface area contributed by atoms with Crippen LogP contribution in [0, 0.1) is 0 Å². The van der Waals surface area contributed by atoms with Gasteiger partial charge in [-0.25, -0.2) is 0 Å².